The molecule has 0 saturated heterocycles. The Kier molecular flexibility index (Phi) is 8.28. The number of allylic oxidation sites excluding steroid dienone is 2. The van der Waals surface area contributed by atoms with Crippen molar-refractivity contribution in [1.29, 1.82) is 0 Å². The van der Waals surface area contributed by atoms with Crippen LogP contribution >= 0.6 is 0 Å². The van der Waals surface area contributed by atoms with Crippen LogP contribution in [-0.2, 0) is 10.0 Å². The van der Waals surface area contributed by atoms with Gasteiger partial charge in [-0.15, -0.1) is 0 Å². The number of carboxylic acids is 1. The highest BCUT2D eigenvalue weighted by atomic mass is 32.2. The minimum atomic E-state index is -4.19. The predicted octanol–water partition coefficient (Wildman–Crippen LogP) is 3.70. The summed E-state index contributed by atoms with van der Waals surface area (Å²) in [6.07, 6.45) is 11.4. The first-order valence-electron chi connectivity index (χ1n) is 9.97. The van der Waals surface area contributed by atoms with E-state index < -0.39 is 16.0 Å². The lowest BCUT2D eigenvalue weighted by molar-refractivity contribution is 0.0696. The Hall–Kier alpha value is -2.32. The molecule has 1 aromatic rings. The summed E-state index contributed by atoms with van der Waals surface area (Å²) in [5, 5.41) is 15.0. The number of hydrogen-bond donors (Lipinski definition) is 2. The molecule has 0 fully saturated rings. The van der Waals surface area contributed by atoms with Gasteiger partial charge in [-0.05, 0) is 31.1 Å². The van der Waals surface area contributed by atoms with Crippen LogP contribution in [0.4, 0.5) is 5.69 Å². The first-order valence-corrected chi connectivity index (χ1v) is 11.5. The van der Waals surface area contributed by atoms with Gasteiger partial charge in [0.15, 0.2) is 5.75 Å². The Bertz CT molecular complexity index is 869. The van der Waals surface area contributed by atoms with E-state index in [0.717, 1.165) is 31.7 Å². The zero-order valence-electron chi connectivity index (χ0n) is 17.0. The number of primary sulfonamides is 1. The van der Waals surface area contributed by atoms with Gasteiger partial charge >= 0.3 is 5.97 Å². The molecule has 1 unspecified atom stereocenters. The molecular weight excluding hydrogens is 392 g/mol. The molecule has 0 aliphatic heterocycles. The first-order chi connectivity index (χ1) is 13.8. The maximum atomic E-state index is 12.3. The van der Waals surface area contributed by atoms with E-state index in [1.54, 1.807) is 0 Å². The third-order valence-corrected chi connectivity index (χ3v) is 5.62. The van der Waals surface area contributed by atoms with Gasteiger partial charge in [-0.3, -0.25) is 0 Å². The van der Waals surface area contributed by atoms with Crippen LogP contribution in [-0.4, -0.2) is 38.7 Å². The van der Waals surface area contributed by atoms with E-state index in [9.17, 15) is 18.3 Å². The van der Waals surface area contributed by atoms with Gasteiger partial charge in [-0.2, -0.15) is 0 Å². The van der Waals surface area contributed by atoms with Crippen molar-refractivity contribution in [1.82, 2.24) is 0 Å². The Labute approximate surface area is 172 Å². The second kappa shape index (κ2) is 10.5. The van der Waals surface area contributed by atoms with Crippen LogP contribution < -0.4 is 14.8 Å². The van der Waals surface area contributed by atoms with E-state index in [1.165, 1.54) is 6.07 Å². The molecule has 160 valence electrons. The van der Waals surface area contributed by atoms with Gasteiger partial charge in [0, 0.05) is 19.5 Å². The van der Waals surface area contributed by atoms with Crippen molar-refractivity contribution in [2.75, 3.05) is 18.0 Å². The van der Waals surface area contributed by atoms with E-state index in [4.69, 9.17) is 9.88 Å². The maximum absolute atomic E-state index is 12.3. The van der Waals surface area contributed by atoms with Crippen molar-refractivity contribution < 1.29 is 23.1 Å². The first kappa shape index (κ1) is 23.0. The number of carboxylic acid groups (broad SMARTS) is 1. The Morgan fingerprint density at radius 1 is 1.21 bits per heavy atom. The van der Waals surface area contributed by atoms with Gasteiger partial charge in [0.25, 0.3) is 0 Å². The molecule has 0 radical (unpaired) electrons. The number of rotatable bonds is 11. The van der Waals surface area contributed by atoms with Gasteiger partial charge in [0.2, 0.25) is 10.0 Å². The van der Waals surface area contributed by atoms with Crippen LogP contribution in [0.5, 0.6) is 5.75 Å². The molecule has 8 heteroatoms. The zero-order valence-corrected chi connectivity index (χ0v) is 17.8. The summed E-state index contributed by atoms with van der Waals surface area (Å²) in [4.78, 5) is 13.4. The van der Waals surface area contributed by atoms with Crippen molar-refractivity contribution in [2.45, 2.75) is 57.0 Å². The molecule has 3 N–H and O–H groups in total. The fourth-order valence-electron chi connectivity index (χ4n) is 3.12. The van der Waals surface area contributed by atoms with Gasteiger partial charge in [-0.25, -0.2) is 18.4 Å². The molecule has 0 heterocycles. The molecule has 0 aromatic heterocycles. The summed E-state index contributed by atoms with van der Waals surface area (Å²) in [6, 6.07) is 2.57. The molecule has 0 amide bonds. The second-order valence-electron chi connectivity index (χ2n) is 7.07. The highest BCUT2D eigenvalue weighted by Gasteiger charge is 2.27. The van der Waals surface area contributed by atoms with Crippen molar-refractivity contribution in [3.8, 4) is 5.75 Å². The standard InChI is InChI=1S/C21H30N2O5S/c1-3-5-12-23(13-6-4-2)18-14-16(21(24)25)15-19(29(22,26)27)20(18)28-17-10-8-7-9-11-17/h7-10,14-15,17H,3-6,11-13H2,1-2H3,(H,24,25)(H2,22,26,27). The normalized spacial score (nSPS) is 16.0. The molecule has 2 rings (SSSR count). The third-order valence-electron chi connectivity index (χ3n) is 4.70. The maximum Gasteiger partial charge on any atom is 0.335 e. The fraction of sp³-hybridized carbons (Fsp3) is 0.476. The van der Waals surface area contributed by atoms with Crippen molar-refractivity contribution in [3.05, 3.63) is 42.0 Å². The Balaban J connectivity index is 2.64. The van der Waals surface area contributed by atoms with Gasteiger partial charge in [-0.1, -0.05) is 44.9 Å². The van der Waals surface area contributed by atoms with E-state index in [-0.39, 0.29) is 22.3 Å². The van der Waals surface area contributed by atoms with E-state index in [1.807, 2.05) is 29.2 Å². The molecule has 1 aliphatic carbocycles. The summed E-state index contributed by atoms with van der Waals surface area (Å²) in [6.45, 7) is 5.47. The average Bonchev–Trinajstić information content (AvgIpc) is 2.68. The molecular formula is C21H30N2O5S. The van der Waals surface area contributed by atoms with Gasteiger partial charge in [0.1, 0.15) is 11.0 Å². The van der Waals surface area contributed by atoms with Crippen molar-refractivity contribution in [3.63, 3.8) is 0 Å². The lowest BCUT2D eigenvalue weighted by Crippen LogP contribution is -2.29. The van der Waals surface area contributed by atoms with E-state index in [0.29, 0.717) is 25.2 Å². The van der Waals surface area contributed by atoms with Crippen LogP contribution in [0.25, 0.3) is 0 Å². The van der Waals surface area contributed by atoms with Crippen LogP contribution in [0.15, 0.2) is 41.3 Å². The molecule has 1 aliphatic rings. The second-order valence-corrected chi connectivity index (χ2v) is 8.60. The van der Waals surface area contributed by atoms with Crippen molar-refractivity contribution in [2.24, 2.45) is 5.14 Å². The molecule has 29 heavy (non-hydrogen) atoms. The number of aromatic carboxylic acids is 1. The molecule has 0 bridgehead atoms. The highest BCUT2D eigenvalue weighted by Crippen LogP contribution is 2.38. The number of carbonyl (C=O) groups is 1. The number of sulfonamides is 1. The van der Waals surface area contributed by atoms with Crippen LogP contribution in [0.2, 0.25) is 0 Å². The third kappa shape index (κ3) is 6.33. The van der Waals surface area contributed by atoms with Gasteiger partial charge in [0.05, 0.1) is 11.3 Å². The molecule has 1 aromatic carbocycles. The van der Waals surface area contributed by atoms with Crippen LogP contribution in [0.3, 0.4) is 0 Å². The van der Waals surface area contributed by atoms with Crippen molar-refractivity contribution >= 4 is 21.7 Å². The van der Waals surface area contributed by atoms with E-state index >= 15 is 0 Å². The van der Waals surface area contributed by atoms with Crippen LogP contribution in [0.1, 0.15) is 56.3 Å². The molecule has 7 nitrogen and oxygen atoms in total. The smallest absolute Gasteiger partial charge is 0.335 e. The fourth-order valence-corrected chi connectivity index (χ4v) is 3.83. The zero-order chi connectivity index (χ0) is 21.4. The quantitative estimate of drug-likeness (QED) is 0.563. The summed E-state index contributed by atoms with van der Waals surface area (Å²) < 4.78 is 30.7. The summed E-state index contributed by atoms with van der Waals surface area (Å²) in [5.74, 6) is -1.09. The minimum absolute atomic E-state index is 0.120. The number of nitrogens with two attached hydrogens (primary N) is 1. The number of anilines is 1. The lowest BCUT2D eigenvalue weighted by atomic mass is 10.1. The SMILES string of the molecule is CCCCN(CCCC)c1cc(C(=O)O)cc(S(N)(=O)=O)c1OC1C=CC=CC1. The van der Waals surface area contributed by atoms with E-state index in [2.05, 4.69) is 13.8 Å². The Morgan fingerprint density at radius 3 is 2.34 bits per heavy atom. The number of ether oxygens (including phenoxy) is 1. The number of benzene rings is 1. The van der Waals surface area contributed by atoms with Crippen LogP contribution in [0, 0.1) is 0 Å². The summed E-state index contributed by atoms with van der Waals surface area (Å²) in [5.41, 5.74) is 0.326. The minimum Gasteiger partial charge on any atom is -0.482 e. The number of unbranched alkanes of at least 4 members (excludes halogenated alkanes) is 2. The average molecular weight is 423 g/mol. The lowest BCUT2D eigenvalue weighted by Gasteiger charge is -2.29. The topological polar surface area (TPSA) is 110 Å². The molecule has 1 atom stereocenters. The summed E-state index contributed by atoms with van der Waals surface area (Å²) in [7, 11) is -4.19. The Morgan fingerprint density at radius 2 is 1.86 bits per heavy atom. The molecule has 0 saturated carbocycles. The highest BCUT2D eigenvalue weighted by molar-refractivity contribution is 7.89. The summed E-state index contributed by atoms with van der Waals surface area (Å²) >= 11 is 0. The van der Waals surface area contributed by atoms with Gasteiger partial charge < -0.3 is 14.7 Å². The number of nitrogens with zero attached hydrogens (tertiary/aromatic N) is 1. The number of hydrogen-bond acceptors (Lipinski definition) is 5. The monoisotopic (exact) mass is 422 g/mol. The molecule has 0 spiro atoms. The predicted molar refractivity (Wildman–Crippen MR) is 114 cm³/mol. The largest absolute Gasteiger partial charge is 0.482 e.